The Morgan fingerprint density at radius 3 is 2.59 bits per heavy atom. The number of para-hydroxylation sites is 1. The van der Waals surface area contributed by atoms with Gasteiger partial charge in [0.05, 0.1) is 5.56 Å². The Balaban J connectivity index is 1.35. The van der Waals surface area contributed by atoms with E-state index in [-0.39, 0.29) is 12.3 Å². The summed E-state index contributed by atoms with van der Waals surface area (Å²) in [6.45, 7) is 5.55. The first kappa shape index (κ1) is 21.6. The van der Waals surface area contributed by atoms with Crippen molar-refractivity contribution in [3.63, 3.8) is 0 Å². The number of hydrogen-bond acceptors (Lipinski definition) is 4. The van der Waals surface area contributed by atoms with Gasteiger partial charge >= 0.3 is 0 Å². The highest BCUT2D eigenvalue weighted by Crippen LogP contribution is 2.24. The van der Waals surface area contributed by atoms with Crippen molar-refractivity contribution in [3.05, 3.63) is 59.8 Å². The van der Waals surface area contributed by atoms with E-state index in [4.69, 9.17) is 0 Å². The molecule has 0 aliphatic carbocycles. The van der Waals surface area contributed by atoms with Crippen LogP contribution in [0.4, 0.5) is 11.4 Å². The molecule has 1 aliphatic rings. The zero-order chi connectivity index (χ0) is 22.7. The molecule has 1 unspecified atom stereocenters. The van der Waals surface area contributed by atoms with E-state index in [9.17, 15) is 14.4 Å². The summed E-state index contributed by atoms with van der Waals surface area (Å²) < 4.78 is 0. The predicted molar refractivity (Wildman–Crippen MR) is 126 cm³/mol. The zero-order valence-electron chi connectivity index (χ0n) is 18.4. The molecule has 4 rings (SSSR count). The minimum atomic E-state index is -0.714. The third kappa shape index (κ3) is 4.66. The lowest BCUT2D eigenvalue weighted by Crippen LogP contribution is -2.39. The predicted octanol–water partition coefficient (Wildman–Crippen LogP) is 3.79. The van der Waals surface area contributed by atoms with Gasteiger partial charge in [-0.1, -0.05) is 24.3 Å². The van der Waals surface area contributed by atoms with Gasteiger partial charge < -0.3 is 20.5 Å². The number of aromatic nitrogens is 1. The summed E-state index contributed by atoms with van der Waals surface area (Å²) in [6, 6.07) is 14.7. The topological polar surface area (TPSA) is 94.3 Å². The zero-order valence-corrected chi connectivity index (χ0v) is 18.4. The second kappa shape index (κ2) is 9.26. The van der Waals surface area contributed by atoms with Gasteiger partial charge in [-0.25, -0.2) is 0 Å². The van der Waals surface area contributed by atoms with Crippen LogP contribution < -0.4 is 15.5 Å². The van der Waals surface area contributed by atoms with Crippen LogP contribution in [0.25, 0.3) is 10.9 Å². The van der Waals surface area contributed by atoms with Gasteiger partial charge in [-0.3, -0.25) is 14.4 Å². The third-order valence-corrected chi connectivity index (χ3v) is 5.80. The first-order valence-corrected chi connectivity index (χ1v) is 11.0. The summed E-state index contributed by atoms with van der Waals surface area (Å²) in [5.74, 6) is -1.54. The number of amides is 2. The Morgan fingerprint density at radius 2 is 1.81 bits per heavy atom. The molecule has 2 heterocycles. The highest BCUT2D eigenvalue weighted by atomic mass is 16.2. The molecule has 2 amide bonds. The molecule has 0 bridgehead atoms. The quantitative estimate of drug-likeness (QED) is 0.391. The highest BCUT2D eigenvalue weighted by Gasteiger charge is 2.24. The van der Waals surface area contributed by atoms with Crippen molar-refractivity contribution >= 4 is 39.9 Å². The van der Waals surface area contributed by atoms with Crippen molar-refractivity contribution in [1.29, 1.82) is 0 Å². The molecular formula is C25H28N4O3. The van der Waals surface area contributed by atoms with Crippen LogP contribution in [0.2, 0.25) is 0 Å². The van der Waals surface area contributed by atoms with Crippen molar-refractivity contribution in [2.45, 2.75) is 39.2 Å². The van der Waals surface area contributed by atoms with Gasteiger partial charge in [-0.05, 0) is 51.0 Å². The van der Waals surface area contributed by atoms with Gasteiger partial charge in [-0.15, -0.1) is 0 Å². The van der Waals surface area contributed by atoms with E-state index in [0.29, 0.717) is 16.6 Å². The molecule has 1 atom stereocenters. The van der Waals surface area contributed by atoms with Crippen molar-refractivity contribution < 1.29 is 14.4 Å². The molecular weight excluding hydrogens is 404 g/mol. The molecule has 2 aromatic carbocycles. The van der Waals surface area contributed by atoms with Gasteiger partial charge in [0.25, 0.3) is 11.7 Å². The summed E-state index contributed by atoms with van der Waals surface area (Å²) in [6.07, 6.45) is 2.44. The van der Waals surface area contributed by atoms with E-state index < -0.39 is 17.7 Å². The maximum atomic E-state index is 12.8. The lowest BCUT2D eigenvalue weighted by molar-refractivity contribution is -0.118. The first-order chi connectivity index (χ1) is 15.4. The number of ketones is 1. The average molecular weight is 433 g/mol. The molecule has 1 saturated heterocycles. The van der Waals surface area contributed by atoms with Crippen LogP contribution in [0.3, 0.4) is 0 Å². The van der Waals surface area contributed by atoms with Gasteiger partial charge in [0.1, 0.15) is 0 Å². The second-order valence-electron chi connectivity index (χ2n) is 8.37. The average Bonchev–Trinajstić information content (AvgIpc) is 3.40. The highest BCUT2D eigenvalue weighted by molar-refractivity contribution is 6.45. The van der Waals surface area contributed by atoms with E-state index in [1.165, 1.54) is 12.8 Å². The van der Waals surface area contributed by atoms with Gasteiger partial charge in [0.15, 0.2) is 0 Å². The fraction of sp³-hybridized carbons (Fsp3) is 0.320. The minimum absolute atomic E-state index is 0.0693. The van der Waals surface area contributed by atoms with Crippen LogP contribution in [0.1, 0.15) is 42.2 Å². The Hall–Kier alpha value is -3.61. The Kier molecular flexibility index (Phi) is 6.25. The van der Waals surface area contributed by atoms with E-state index in [2.05, 4.69) is 20.5 Å². The smallest absolute Gasteiger partial charge is 0.292 e. The maximum Gasteiger partial charge on any atom is 0.292 e. The van der Waals surface area contributed by atoms with Crippen molar-refractivity contribution in [2.75, 3.05) is 23.3 Å². The molecule has 1 fully saturated rings. The first-order valence-electron chi connectivity index (χ1n) is 11.0. The number of hydrogen-bond donors (Lipinski definition) is 3. The van der Waals surface area contributed by atoms with Crippen LogP contribution in [0.15, 0.2) is 48.5 Å². The Bertz CT molecular complexity index is 1160. The SMILES string of the molecule is Cc1[nH]c2ccccc2c1C(=O)C(=O)NC(C)CC(=O)Nc1cccc(N2CCCC2)c1. The summed E-state index contributed by atoms with van der Waals surface area (Å²) in [7, 11) is 0. The monoisotopic (exact) mass is 432 g/mol. The number of nitrogens with zero attached hydrogens (tertiary/aromatic N) is 1. The van der Waals surface area contributed by atoms with Crippen LogP contribution in [-0.2, 0) is 9.59 Å². The van der Waals surface area contributed by atoms with Gasteiger partial charge in [0.2, 0.25) is 5.91 Å². The number of fused-ring (bicyclic) bond motifs is 1. The normalized spacial score (nSPS) is 14.4. The number of rotatable bonds is 7. The van der Waals surface area contributed by atoms with Gasteiger partial charge in [-0.2, -0.15) is 0 Å². The van der Waals surface area contributed by atoms with Crippen molar-refractivity contribution in [1.82, 2.24) is 10.3 Å². The van der Waals surface area contributed by atoms with Crippen molar-refractivity contribution in [2.24, 2.45) is 0 Å². The molecule has 3 aromatic rings. The number of carbonyl (C=O) groups excluding carboxylic acids is 3. The number of benzene rings is 2. The molecule has 32 heavy (non-hydrogen) atoms. The Labute approximate surface area is 187 Å². The molecule has 0 radical (unpaired) electrons. The molecule has 7 nitrogen and oxygen atoms in total. The number of nitrogens with one attached hydrogen (secondary N) is 3. The third-order valence-electron chi connectivity index (χ3n) is 5.80. The maximum absolute atomic E-state index is 12.8. The molecule has 3 N–H and O–H groups in total. The fourth-order valence-corrected chi connectivity index (χ4v) is 4.27. The molecule has 1 aromatic heterocycles. The number of Topliss-reactive ketones (excluding diaryl/α,β-unsaturated/α-hetero) is 1. The standard InChI is InChI=1S/C25H28N4O3/c1-16(14-22(30)28-18-8-7-9-19(15-18)29-12-5-6-13-29)26-25(32)24(31)23-17(2)27-21-11-4-3-10-20(21)23/h3-4,7-11,15-16,27H,5-6,12-14H2,1-2H3,(H,26,32)(H,28,30). The minimum Gasteiger partial charge on any atom is -0.371 e. The molecule has 0 spiro atoms. The second-order valence-corrected chi connectivity index (χ2v) is 8.37. The van der Waals surface area contributed by atoms with Crippen LogP contribution in [-0.4, -0.2) is 41.7 Å². The molecule has 166 valence electrons. The van der Waals surface area contributed by atoms with Gasteiger partial charge in [0, 0.05) is 53.5 Å². The van der Waals surface area contributed by atoms with E-state index in [1.807, 2.05) is 48.5 Å². The summed E-state index contributed by atoms with van der Waals surface area (Å²) >= 11 is 0. The van der Waals surface area contributed by atoms with Crippen LogP contribution in [0.5, 0.6) is 0 Å². The van der Waals surface area contributed by atoms with E-state index in [0.717, 1.165) is 30.0 Å². The number of anilines is 2. The Morgan fingerprint density at radius 1 is 1.06 bits per heavy atom. The molecule has 7 heteroatoms. The summed E-state index contributed by atoms with van der Waals surface area (Å²) in [5, 5.41) is 6.27. The molecule has 0 saturated carbocycles. The summed E-state index contributed by atoms with van der Waals surface area (Å²) in [5.41, 5.74) is 3.65. The lowest BCUT2D eigenvalue weighted by atomic mass is 10.1. The number of carbonyl (C=O) groups is 3. The van der Waals surface area contributed by atoms with Crippen LogP contribution in [0, 0.1) is 6.92 Å². The van der Waals surface area contributed by atoms with E-state index in [1.54, 1.807) is 13.8 Å². The number of aromatic amines is 1. The fourth-order valence-electron chi connectivity index (χ4n) is 4.27. The number of aryl methyl sites for hydroxylation is 1. The summed E-state index contributed by atoms with van der Waals surface area (Å²) in [4.78, 5) is 43.3. The van der Waals surface area contributed by atoms with Crippen molar-refractivity contribution in [3.8, 4) is 0 Å². The lowest BCUT2D eigenvalue weighted by Gasteiger charge is -2.19. The van der Waals surface area contributed by atoms with Crippen LogP contribution >= 0.6 is 0 Å². The largest absolute Gasteiger partial charge is 0.371 e. The van der Waals surface area contributed by atoms with E-state index >= 15 is 0 Å². The molecule has 1 aliphatic heterocycles. The number of H-pyrrole nitrogens is 1.